The van der Waals surface area contributed by atoms with E-state index in [0.717, 1.165) is 6.26 Å². The first-order valence-corrected chi connectivity index (χ1v) is 8.76. The van der Waals surface area contributed by atoms with Crippen LogP contribution in [0.5, 0.6) is 0 Å². The third-order valence-corrected chi connectivity index (χ3v) is 5.07. The van der Waals surface area contributed by atoms with E-state index in [1.807, 2.05) is 0 Å². The molecule has 0 atom stereocenters. The van der Waals surface area contributed by atoms with E-state index in [9.17, 15) is 24.0 Å². The number of furan rings is 1. The van der Waals surface area contributed by atoms with Gasteiger partial charge in [-0.25, -0.2) is 0 Å². The Morgan fingerprint density at radius 3 is 2.11 bits per heavy atom. The fourth-order valence-electron chi connectivity index (χ4n) is 3.08. The van der Waals surface area contributed by atoms with Crippen molar-refractivity contribution in [2.75, 3.05) is 0 Å². The van der Waals surface area contributed by atoms with Gasteiger partial charge in [0.05, 0.1) is 15.6 Å². The zero-order valence-corrected chi connectivity index (χ0v) is 16.0. The molecule has 0 N–H and O–H groups in total. The lowest BCUT2D eigenvalue weighted by Gasteiger charge is -2.20. The summed E-state index contributed by atoms with van der Waals surface area (Å²) in [6, 6.07) is 8.19. The standard InChI is InChI=1S/C20H13BrO6/c1-9(22)13(10(2)23)15-16(21)19(26)18(25)14-12(8-27-20(14)15)17(24)11-6-4-3-5-7-11/h3-8,13H,1-2H3. The molecule has 7 heteroatoms. The van der Waals surface area contributed by atoms with E-state index in [1.165, 1.54) is 13.8 Å². The van der Waals surface area contributed by atoms with Crippen LogP contribution in [0.15, 0.2) is 45.5 Å². The monoisotopic (exact) mass is 428 g/mol. The van der Waals surface area contributed by atoms with Crippen LogP contribution in [0.1, 0.15) is 45.9 Å². The molecular weight excluding hydrogens is 416 g/mol. The fraction of sp³-hybridized carbons (Fsp3) is 0.150. The van der Waals surface area contributed by atoms with Gasteiger partial charge in [0, 0.05) is 11.1 Å². The Kier molecular flexibility index (Phi) is 4.89. The Hall–Kier alpha value is -2.93. The zero-order chi connectivity index (χ0) is 19.9. The molecule has 0 radical (unpaired) electrons. The van der Waals surface area contributed by atoms with Gasteiger partial charge in [0.25, 0.3) is 0 Å². The number of fused-ring (bicyclic) bond motifs is 1. The van der Waals surface area contributed by atoms with E-state index >= 15 is 0 Å². The van der Waals surface area contributed by atoms with Gasteiger partial charge in [-0.2, -0.15) is 0 Å². The largest absolute Gasteiger partial charge is 0.463 e. The third-order valence-electron chi connectivity index (χ3n) is 4.29. The molecule has 0 aliphatic heterocycles. The van der Waals surface area contributed by atoms with Crippen LogP contribution in [-0.2, 0) is 14.4 Å². The van der Waals surface area contributed by atoms with Crippen LogP contribution in [0.25, 0.3) is 5.57 Å². The first-order chi connectivity index (χ1) is 12.8. The first kappa shape index (κ1) is 18.8. The molecule has 0 fully saturated rings. The number of carbonyl (C=O) groups excluding carboxylic acids is 5. The van der Waals surface area contributed by atoms with Crippen LogP contribution in [0.3, 0.4) is 0 Å². The van der Waals surface area contributed by atoms with Crippen molar-refractivity contribution in [1.29, 1.82) is 0 Å². The molecule has 0 amide bonds. The first-order valence-electron chi connectivity index (χ1n) is 7.96. The summed E-state index contributed by atoms with van der Waals surface area (Å²) in [6.45, 7) is 2.41. The zero-order valence-electron chi connectivity index (χ0n) is 14.4. The molecule has 1 aliphatic carbocycles. The highest BCUT2D eigenvalue weighted by molar-refractivity contribution is 9.12. The maximum Gasteiger partial charge on any atom is 0.241 e. The average Bonchev–Trinajstić information content (AvgIpc) is 3.07. The van der Waals surface area contributed by atoms with Crippen molar-refractivity contribution in [3.05, 3.63) is 63.5 Å². The lowest BCUT2D eigenvalue weighted by atomic mass is 9.82. The second-order valence-corrected chi connectivity index (χ2v) is 6.88. The van der Waals surface area contributed by atoms with Crippen LogP contribution in [0, 0.1) is 5.92 Å². The van der Waals surface area contributed by atoms with Crippen LogP contribution in [0.2, 0.25) is 0 Å². The summed E-state index contributed by atoms with van der Waals surface area (Å²) in [5.41, 5.74) is -0.0228. The lowest BCUT2D eigenvalue weighted by Crippen LogP contribution is -2.29. The Morgan fingerprint density at radius 1 is 0.963 bits per heavy atom. The number of halogens is 1. The number of benzene rings is 1. The average molecular weight is 429 g/mol. The predicted molar refractivity (Wildman–Crippen MR) is 98.6 cm³/mol. The molecule has 1 heterocycles. The van der Waals surface area contributed by atoms with E-state index in [0.29, 0.717) is 5.56 Å². The van der Waals surface area contributed by atoms with Gasteiger partial charge in [0.15, 0.2) is 5.78 Å². The number of hydrogen-bond donors (Lipinski definition) is 0. The maximum atomic E-state index is 12.8. The van der Waals surface area contributed by atoms with E-state index in [-0.39, 0.29) is 26.9 Å². The molecule has 1 aromatic heterocycles. The summed E-state index contributed by atoms with van der Waals surface area (Å²) >= 11 is 3.02. The van der Waals surface area contributed by atoms with Crippen molar-refractivity contribution < 1.29 is 28.4 Å². The summed E-state index contributed by atoms with van der Waals surface area (Å²) in [6.07, 6.45) is 1.08. The van der Waals surface area contributed by atoms with Crippen LogP contribution in [-0.4, -0.2) is 28.9 Å². The highest BCUT2D eigenvalue weighted by atomic mass is 79.9. The molecule has 0 bridgehead atoms. The summed E-state index contributed by atoms with van der Waals surface area (Å²) in [5.74, 6) is -4.76. The molecule has 6 nitrogen and oxygen atoms in total. The molecule has 1 aliphatic rings. The topological polar surface area (TPSA) is 98.5 Å². The van der Waals surface area contributed by atoms with E-state index < -0.39 is 34.8 Å². The number of hydrogen-bond acceptors (Lipinski definition) is 6. The van der Waals surface area contributed by atoms with Gasteiger partial charge >= 0.3 is 0 Å². The van der Waals surface area contributed by atoms with Gasteiger partial charge < -0.3 is 4.42 Å². The normalized spacial score (nSPS) is 13.8. The SMILES string of the molecule is CC(=O)C(C(C)=O)C1=C(Br)C(=O)C(=O)c2c(C(=O)c3ccccc3)coc21. The second kappa shape index (κ2) is 7.00. The summed E-state index contributed by atoms with van der Waals surface area (Å²) in [7, 11) is 0. The van der Waals surface area contributed by atoms with Gasteiger partial charge in [-0.15, -0.1) is 0 Å². The summed E-state index contributed by atoms with van der Waals surface area (Å²) in [4.78, 5) is 61.8. The van der Waals surface area contributed by atoms with E-state index in [2.05, 4.69) is 15.9 Å². The molecule has 0 saturated carbocycles. The van der Waals surface area contributed by atoms with Crippen LogP contribution < -0.4 is 0 Å². The minimum Gasteiger partial charge on any atom is -0.463 e. The molecule has 0 spiro atoms. The highest BCUT2D eigenvalue weighted by Gasteiger charge is 2.42. The van der Waals surface area contributed by atoms with Crippen molar-refractivity contribution in [1.82, 2.24) is 0 Å². The Balaban J connectivity index is 2.24. The quantitative estimate of drug-likeness (QED) is 0.412. The molecular formula is C20H13BrO6. The van der Waals surface area contributed by atoms with Crippen molar-refractivity contribution in [3.63, 3.8) is 0 Å². The molecule has 1 aromatic carbocycles. The highest BCUT2D eigenvalue weighted by Crippen LogP contribution is 2.40. The lowest BCUT2D eigenvalue weighted by molar-refractivity contribution is -0.127. The summed E-state index contributed by atoms with van der Waals surface area (Å²) < 4.78 is 5.22. The Labute approximate surface area is 162 Å². The van der Waals surface area contributed by atoms with Crippen molar-refractivity contribution in [3.8, 4) is 0 Å². The molecule has 0 saturated heterocycles. The van der Waals surface area contributed by atoms with E-state index in [1.54, 1.807) is 30.3 Å². The van der Waals surface area contributed by atoms with Crippen LogP contribution >= 0.6 is 15.9 Å². The maximum absolute atomic E-state index is 12.8. The van der Waals surface area contributed by atoms with Crippen LogP contribution in [0.4, 0.5) is 0 Å². The van der Waals surface area contributed by atoms with Gasteiger partial charge in [-0.3, -0.25) is 24.0 Å². The minimum atomic E-state index is -1.28. The van der Waals surface area contributed by atoms with Crippen molar-refractivity contribution in [2.45, 2.75) is 13.8 Å². The fourth-order valence-corrected chi connectivity index (χ4v) is 3.67. The van der Waals surface area contributed by atoms with Gasteiger partial charge in [-0.1, -0.05) is 30.3 Å². The molecule has 2 aromatic rings. The number of rotatable bonds is 5. The summed E-state index contributed by atoms with van der Waals surface area (Å²) in [5, 5.41) is 0. The third kappa shape index (κ3) is 3.04. The Morgan fingerprint density at radius 2 is 1.56 bits per heavy atom. The number of ketones is 5. The second-order valence-electron chi connectivity index (χ2n) is 6.09. The van der Waals surface area contributed by atoms with Crippen molar-refractivity contribution in [2.24, 2.45) is 5.92 Å². The molecule has 136 valence electrons. The van der Waals surface area contributed by atoms with Gasteiger partial charge in [0.1, 0.15) is 29.5 Å². The van der Waals surface area contributed by atoms with Gasteiger partial charge in [0.2, 0.25) is 11.6 Å². The van der Waals surface area contributed by atoms with Crippen molar-refractivity contribution >= 4 is 50.4 Å². The molecule has 3 rings (SSSR count). The van der Waals surface area contributed by atoms with Gasteiger partial charge in [-0.05, 0) is 29.8 Å². The number of allylic oxidation sites excluding steroid dienone is 2. The molecule has 27 heavy (non-hydrogen) atoms. The molecule has 0 unspecified atom stereocenters. The Bertz CT molecular complexity index is 1030. The minimum absolute atomic E-state index is 0.0262. The number of Topliss-reactive ketones (excluding diaryl/α,β-unsaturated/α-hetero) is 4. The smallest absolute Gasteiger partial charge is 0.241 e. The number of carbonyl (C=O) groups is 5. The van der Waals surface area contributed by atoms with E-state index in [4.69, 9.17) is 4.42 Å². The predicted octanol–water partition coefficient (Wildman–Crippen LogP) is 3.18.